The lowest BCUT2D eigenvalue weighted by atomic mass is 9.99. The van der Waals surface area contributed by atoms with E-state index in [9.17, 15) is 14.3 Å². The highest BCUT2D eigenvalue weighted by atomic mass is 19.1. The maximum absolute atomic E-state index is 15.7. The summed E-state index contributed by atoms with van der Waals surface area (Å²) in [5, 5.41) is 10.4. The molecular formula is C30H31F2N5O2. The number of anilines is 2. The molecule has 5 rings (SSSR count). The maximum atomic E-state index is 15.7. The molecule has 1 atom stereocenters. The summed E-state index contributed by atoms with van der Waals surface area (Å²) in [6.07, 6.45) is 1.30. The van der Waals surface area contributed by atoms with Crippen LogP contribution in [-0.2, 0) is 4.79 Å². The van der Waals surface area contributed by atoms with Gasteiger partial charge in [-0.15, -0.1) is 0 Å². The minimum absolute atomic E-state index is 0.0953. The highest BCUT2D eigenvalue weighted by Crippen LogP contribution is 2.40. The zero-order valence-corrected chi connectivity index (χ0v) is 22.2. The molecule has 202 valence electrons. The van der Waals surface area contributed by atoms with Gasteiger partial charge in [0.25, 0.3) is 0 Å². The Morgan fingerprint density at radius 3 is 2.59 bits per heavy atom. The summed E-state index contributed by atoms with van der Waals surface area (Å²) in [5.41, 5.74) is 1.84. The van der Waals surface area contributed by atoms with E-state index in [1.807, 2.05) is 36.1 Å². The number of aromatic nitrogens is 1. The van der Waals surface area contributed by atoms with Crippen molar-refractivity contribution in [3.8, 4) is 17.0 Å². The van der Waals surface area contributed by atoms with Crippen molar-refractivity contribution in [1.82, 2.24) is 14.8 Å². The van der Waals surface area contributed by atoms with Crippen molar-refractivity contribution < 1.29 is 18.7 Å². The van der Waals surface area contributed by atoms with E-state index in [1.54, 1.807) is 4.90 Å². The third-order valence-corrected chi connectivity index (χ3v) is 7.28. The average molecular weight is 532 g/mol. The molecule has 3 heterocycles. The zero-order valence-electron chi connectivity index (χ0n) is 22.2. The third-order valence-electron chi connectivity index (χ3n) is 7.28. The number of pyridine rings is 1. The van der Waals surface area contributed by atoms with Crippen LogP contribution in [0.5, 0.6) is 5.75 Å². The number of carbonyl (C=O) groups is 1. The molecule has 0 spiro atoms. The molecule has 7 nitrogen and oxygen atoms in total. The number of fused-ring (bicyclic) bond motifs is 1. The fraction of sp³-hybridized carbons (Fsp3) is 0.300. The number of para-hydroxylation sites is 1. The number of aliphatic imine (C=N–C) groups is 1. The first-order valence-electron chi connectivity index (χ1n) is 13.0. The number of benzene rings is 2. The molecule has 9 heteroatoms. The van der Waals surface area contributed by atoms with Crippen molar-refractivity contribution >= 4 is 23.2 Å². The number of rotatable bonds is 4. The second-order valence-electron chi connectivity index (χ2n) is 10.1. The van der Waals surface area contributed by atoms with Crippen LogP contribution in [0.25, 0.3) is 11.3 Å². The van der Waals surface area contributed by atoms with Crippen LogP contribution in [0.3, 0.4) is 0 Å². The molecule has 0 saturated carbocycles. The maximum Gasteiger partial charge on any atom is 0.246 e. The monoisotopic (exact) mass is 531 g/mol. The highest BCUT2D eigenvalue weighted by Gasteiger charge is 2.35. The number of hydrogen-bond acceptors (Lipinski definition) is 6. The summed E-state index contributed by atoms with van der Waals surface area (Å²) in [5.74, 6) is -0.879. The van der Waals surface area contributed by atoms with Gasteiger partial charge in [-0.05, 0) is 48.7 Å². The van der Waals surface area contributed by atoms with E-state index in [1.165, 1.54) is 30.3 Å². The Kier molecular flexibility index (Phi) is 7.08. The molecule has 39 heavy (non-hydrogen) atoms. The summed E-state index contributed by atoms with van der Waals surface area (Å²) in [4.78, 5) is 27.4. The minimum atomic E-state index is -0.769. The van der Waals surface area contributed by atoms with E-state index in [0.29, 0.717) is 36.9 Å². The van der Waals surface area contributed by atoms with Gasteiger partial charge in [-0.25, -0.2) is 18.8 Å². The fourth-order valence-electron chi connectivity index (χ4n) is 5.32. The van der Waals surface area contributed by atoms with Crippen molar-refractivity contribution in [1.29, 1.82) is 0 Å². The van der Waals surface area contributed by atoms with Gasteiger partial charge in [0.2, 0.25) is 5.91 Å². The fourth-order valence-corrected chi connectivity index (χ4v) is 5.32. The molecule has 0 aliphatic carbocycles. The standard InChI is InChI=1S/C30H31F2N5O2/c1-5-26(39)35-13-14-36(19(4)16-35)29-21-15-23(32)28(27-22(31)10-8-12-25(27)38)34-30(21)37(17-33-29)24-11-7-6-9-20(24)18(2)3/h5-12,15,18-19,38H,1,13-14,16-17H2,2-4H3. The average Bonchev–Trinajstić information content (AvgIpc) is 2.92. The summed E-state index contributed by atoms with van der Waals surface area (Å²) in [7, 11) is 0. The van der Waals surface area contributed by atoms with Crippen LogP contribution in [0.4, 0.5) is 20.3 Å². The van der Waals surface area contributed by atoms with Crippen molar-refractivity contribution in [2.24, 2.45) is 4.99 Å². The lowest BCUT2D eigenvalue weighted by Crippen LogP contribution is -2.56. The molecule has 1 unspecified atom stereocenters. The first kappa shape index (κ1) is 26.3. The molecular weight excluding hydrogens is 500 g/mol. The van der Waals surface area contributed by atoms with Crippen LogP contribution >= 0.6 is 0 Å². The van der Waals surface area contributed by atoms with Crippen molar-refractivity contribution in [2.75, 3.05) is 31.2 Å². The number of nitrogens with zero attached hydrogens (tertiary/aromatic N) is 5. The number of phenolic OH excluding ortho intramolecular Hbond substituents is 1. The molecule has 1 saturated heterocycles. The second-order valence-corrected chi connectivity index (χ2v) is 10.1. The molecule has 2 aromatic carbocycles. The molecule has 1 N–H and O–H groups in total. The van der Waals surface area contributed by atoms with Gasteiger partial charge < -0.3 is 19.8 Å². The van der Waals surface area contributed by atoms with Gasteiger partial charge in [0.1, 0.15) is 35.6 Å². The van der Waals surface area contributed by atoms with E-state index in [-0.39, 0.29) is 35.8 Å². The van der Waals surface area contributed by atoms with Crippen molar-refractivity contribution in [3.63, 3.8) is 0 Å². The summed E-state index contributed by atoms with van der Waals surface area (Å²) in [6, 6.07) is 12.9. The number of amides is 1. The van der Waals surface area contributed by atoms with Gasteiger partial charge >= 0.3 is 0 Å². The Morgan fingerprint density at radius 1 is 1.13 bits per heavy atom. The van der Waals surface area contributed by atoms with E-state index < -0.39 is 17.4 Å². The van der Waals surface area contributed by atoms with Crippen LogP contribution in [0, 0.1) is 11.6 Å². The zero-order chi connectivity index (χ0) is 27.8. The number of piperazine rings is 1. The Labute approximate surface area is 226 Å². The van der Waals surface area contributed by atoms with Gasteiger partial charge in [0.05, 0.1) is 11.1 Å². The lowest BCUT2D eigenvalue weighted by Gasteiger charge is -2.43. The van der Waals surface area contributed by atoms with Crippen LogP contribution in [0.1, 0.15) is 37.8 Å². The molecule has 2 aliphatic rings. The van der Waals surface area contributed by atoms with E-state index in [2.05, 4.69) is 30.3 Å². The smallest absolute Gasteiger partial charge is 0.246 e. The number of phenols is 1. The molecule has 1 aromatic heterocycles. The van der Waals surface area contributed by atoms with E-state index >= 15 is 4.39 Å². The SMILES string of the molecule is C=CC(=O)N1CCN(C2=NCN(c3ccccc3C(C)C)c3nc(-c4c(O)cccc4F)c(F)cc32)C(C)C1. The second kappa shape index (κ2) is 10.5. The van der Waals surface area contributed by atoms with Gasteiger partial charge in [0.15, 0.2) is 5.82 Å². The summed E-state index contributed by atoms with van der Waals surface area (Å²) in [6.45, 7) is 11.4. The molecule has 0 bridgehead atoms. The van der Waals surface area contributed by atoms with Gasteiger partial charge in [0, 0.05) is 31.4 Å². The largest absolute Gasteiger partial charge is 0.507 e. The molecule has 0 radical (unpaired) electrons. The molecule has 1 amide bonds. The van der Waals surface area contributed by atoms with Gasteiger partial charge in [-0.1, -0.05) is 44.7 Å². The minimum Gasteiger partial charge on any atom is -0.507 e. The third kappa shape index (κ3) is 4.73. The van der Waals surface area contributed by atoms with Crippen LogP contribution in [-0.4, -0.2) is 64.0 Å². The molecule has 2 aliphatic heterocycles. The Bertz CT molecular complexity index is 1450. The van der Waals surface area contributed by atoms with Crippen LogP contribution < -0.4 is 4.90 Å². The number of halogens is 2. The van der Waals surface area contributed by atoms with Crippen LogP contribution in [0.2, 0.25) is 0 Å². The predicted molar refractivity (Wildman–Crippen MR) is 148 cm³/mol. The summed E-state index contributed by atoms with van der Waals surface area (Å²) >= 11 is 0. The van der Waals surface area contributed by atoms with E-state index in [0.717, 1.165) is 11.3 Å². The molecule has 1 fully saturated rings. The normalized spacial score (nSPS) is 17.2. The Hall–Kier alpha value is -4.27. The lowest BCUT2D eigenvalue weighted by molar-refractivity contribution is -0.128. The topological polar surface area (TPSA) is 72.3 Å². The Balaban J connectivity index is 1.66. The predicted octanol–water partition coefficient (Wildman–Crippen LogP) is 5.43. The summed E-state index contributed by atoms with van der Waals surface area (Å²) < 4.78 is 30.6. The first-order valence-corrected chi connectivity index (χ1v) is 13.0. The Morgan fingerprint density at radius 2 is 1.90 bits per heavy atom. The van der Waals surface area contributed by atoms with Gasteiger partial charge in [-0.3, -0.25) is 4.79 Å². The quantitative estimate of drug-likeness (QED) is 0.455. The van der Waals surface area contributed by atoms with Crippen molar-refractivity contribution in [2.45, 2.75) is 32.7 Å². The van der Waals surface area contributed by atoms with Crippen molar-refractivity contribution in [3.05, 3.63) is 83.9 Å². The van der Waals surface area contributed by atoms with Gasteiger partial charge in [-0.2, -0.15) is 0 Å². The number of hydrogen-bond donors (Lipinski definition) is 1. The number of carbonyl (C=O) groups excluding carboxylic acids is 1. The number of amidine groups is 1. The number of aromatic hydroxyl groups is 1. The first-order chi connectivity index (χ1) is 18.7. The highest BCUT2D eigenvalue weighted by molar-refractivity contribution is 6.06. The molecule has 3 aromatic rings. The van der Waals surface area contributed by atoms with Crippen LogP contribution in [0.15, 0.2) is 66.2 Å². The van der Waals surface area contributed by atoms with E-state index in [4.69, 9.17) is 4.99 Å².